The lowest BCUT2D eigenvalue weighted by atomic mass is 9.63. The van der Waals surface area contributed by atoms with Gasteiger partial charge in [0.15, 0.2) is 0 Å². The molecule has 4 heteroatoms. The third kappa shape index (κ3) is 6.06. The number of rotatable bonds is 10. The highest BCUT2D eigenvalue weighted by Gasteiger charge is 2.55. The standard InChI is InChI=1S/C31H40BNO2/c1-6-16-28(32-34-30(2,3)31(4,5)35-32)29(27-21-14-9-15-22-27)33(23-25-17-10-7-11-18-25)24-26-19-12-8-13-20-26/h7-15,17-22,28-29H,6,16,23-24H2,1-5H3/t28-,29-/m1/s1. The summed E-state index contributed by atoms with van der Waals surface area (Å²) >= 11 is 0. The molecule has 0 N–H and O–H groups in total. The molecule has 1 saturated heterocycles. The molecule has 0 radical (unpaired) electrons. The van der Waals surface area contributed by atoms with Gasteiger partial charge in [-0.1, -0.05) is 111 Å². The summed E-state index contributed by atoms with van der Waals surface area (Å²) in [7, 11) is -0.265. The quantitative estimate of drug-likeness (QED) is 0.284. The van der Waals surface area contributed by atoms with Gasteiger partial charge < -0.3 is 9.31 Å². The fraction of sp³-hybridized carbons (Fsp3) is 0.419. The summed E-state index contributed by atoms with van der Waals surface area (Å²) in [5.74, 6) is 0.191. The molecule has 35 heavy (non-hydrogen) atoms. The van der Waals surface area contributed by atoms with Crippen LogP contribution in [0.25, 0.3) is 0 Å². The summed E-state index contributed by atoms with van der Waals surface area (Å²) in [6, 6.07) is 32.7. The largest absolute Gasteiger partial charge is 0.463 e. The Morgan fingerprint density at radius 2 is 1.11 bits per heavy atom. The third-order valence-electron chi connectivity index (χ3n) is 7.64. The van der Waals surface area contributed by atoms with Crippen molar-refractivity contribution in [1.82, 2.24) is 4.90 Å². The van der Waals surface area contributed by atoms with E-state index >= 15 is 0 Å². The van der Waals surface area contributed by atoms with Gasteiger partial charge in [-0.3, -0.25) is 4.90 Å². The molecule has 0 aromatic heterocycles. The van der Waals surface area contributed by atoms with E-state index in [9.17, 15) is 0 Å². The first-order chi connectivity index (χ1) is 16.8. The van der Waals surface area contributed by atoms with Crippen molar-refractivity contribution < 1.29 is 9.31 Å². The monoisotopic (exact) mass is 469 g/mol. The molecule has 2 atom stereocenters. The van der Waals surface area contributed by atoms with E-state index in [4.69, 9.17) is 9.31 Å². The lowest BCUT2D eigenvalue weighted by molar-refractivity contribution is 0.00578. The number of benzene rings is 3. The Morgan fingerprint density at radius 3 is 1.54 bits per heavy atom. The predicted molar refractivity (Wildman–Crippen MR) is 146 cm³/mol. The van der Waals surface area contributed by atoms with Crippen LogP contribution in [0, 0.1) is 0 Å². The van der Waals surface area contributed by atoms with Crippen LogP contribution in [0.3, 0.4) is 0 Å². The van der Waals surface area contributed by atoms with Crippen LogP contribution in [0.5, 0.6) is 0 Å². The van der Waals surface area contributed by atoms with E-state index in [1.54, 1.807) is 0 Å². The first-order valence-corrected chi connectivity index (χ1v) is 13.0. The van der Waals surface area contributed by atoms with E-state index in [2.05, 4.69) is 131 Å². The molecule has 4 rings (SSSR count). The van der Waals surface area contributed by atoms with Gasteiger partial charge in [-0.15, -0.1) is 0 Å². The molecule has 0 amide bonds. The Labute approximate surface area is 212 Å². The van der Waals surface area contributed by atoms with Crippen molar-refractivity contribution in [1.29, 1.82) is 0 Å². The van der Waals surface area contributed by atoms with Crippen molar-refractivity contribution in [2.24, 2.45) is 0 Å². The van der Waals surface area contributed by atoms with Gasteiger partial charge in [0.25, 0.3) is 0 Å². The van der Waals surface area contributed by atoms with Crippen LogP contribution in [-0.4, -0.2) is 23.2 Å². The molecule has 1 fully saturated rings. The van der Waals surface area contributed by atoms with Crippen LogP contribution in [0.1, 0.15) is 70.2 Å². The average Bonchev–Trinajstić information content (AvgIpc) is 3.07. The SMILES string of the molecule is CCC[C@@H](B1OC(C)(C)C(C)(C)O1)[C@@H](c1ccccc1)N(Cc1ccccc1)Cc1ccccc1. The molecule has 0 bridgehead atoms. The topological polar surface area (TPSA) is 21.7 Å². The average molecular weight is 469 g/mol. The molecule has 1 aliphatic heterocycles. The number of nitrogens with zero attached hydrogens (tertiary/aromatic N) is 1. The Bertz CT molecular complexity index is 982. The third-order valence-corrected chi connectivity index (χ3v) is 7.64. The first kappa shape index (κ1) is 25.7. The van der Waals surface area contributed by atoms with Gasteiger partial charge in [-0.05, 0) is 44.4 Å². The van der Waals surface area contributed by atoms with Gasteiger partial charge in [-0.25, -0.2) is 0 Å². The second-order valence-electron chi connectivity index (χ2n) is 10.8. The smallest absolute Gasteiger partial charge is 0.403 e. The molecule has 1 aliphatic rings. The lowest BCUT2D eigenvalue weighted by Crippen LogP contribution is -2.41. The fourth-order valence-corrected chi connectivity index (χ4v) is 5.11. The highest BCUT2D eigenvalue weighted by Crippen LogP contribution is 2.47. The van der Waals surface area contributed by atoms with Crippen LogP contribution in [0.2, 0.25) is 5.82 Å². The maximum absolute atomic E-state index is 6.68. The number of hydrogen-bond donors (Lipinski definition) is 0. The summed E-state index contributed by atoms with van der Waals surface area (Å²) in [6.45, 7) is 12.6. The molecule has 3 aromatic rings. The maximum atomic E-state index is 6.68. The van der Waals surface area contributed by atoms with Crippen LogP contribution in [0.4, 0.5) is 0 Å². The first-order valence-electron chi connectivity index (χ1n) is 13.0. The van der Waals surface area contributed by atoms with Crippen molar-refractivity contribution in [3.05, 3.63) is 108 Å². The van der Waals surface area contributed by atoms with Crippen molar-refractivity contribution in [2.75, 3.05) is 0 Å². The van der Waals surface area contributed by atoms with Crippen LogP contribution in [-0.2, 0) is 22.4 Å². The summed E-state index contributed by atoms with van der Waals surface area (Å²) in [5.41, 5.74) is 3.23. The Kier molecular flexibility index (Phi) is 8.16. The maximum Gasteiger partial charge on any atom is 0.463 e. The molecule has 3 nitrogen and oxygen atoms in total. The molecule has 0 spiro atoms. The van der Waals surface area contributed by atoms with Crippen LogP contribution in [0.15, 0.2) is 91.0 Å². The zero-order valence-electron chi connectivity index (χ0n) is 22.0. The van der Waals surface area contributed by atoms with E-state index in [1.165, 1.54) is 16.7 Å². The second kappa shape index (κ2) is 11.1. The fourth-order valence-electron chi connectivity index (χ4n) is 5.11. The Morgan fingerprint density at radius 1 is 0.686 bits per heavy atom. The zero-order chi connectivity index (χ0) is 24.9. The van der Waals surface area contributed by atoms with E-state index in [0.29, 0.717) is 0 Å². The molecule has 1 heterocycles. The minimum Gasteiger partial charge on any atom is -0.403 e. The van der Waals surface area contributed by atoms with Gasteiger partial charge in [0, 0.05) is 24.9 Å². The van der Waals surface area contributed by atoms with Gasteiger partial charge in [0.2, 0.25) is 0 Å². The van der Waals surface area contributed by atoms with Gasteiger partial charge in [0.05, 0.1) is 11.2 Å². The number of hydrogen-bond acceptors (Lipinski definition) is 3. The van der Waals surface area contributed by atoms with Gasteiger partial charge in [0.1, 0.15) is 0 Å². The van der Waals surface area contributed by atoms with Crippen LogP contribution >= 0.6 is 0 Å². The lowest BCUT2D eigenvalue weighted by Gasteiger charge is -2.38. The van der Waals surface area contributed by atoms with E-state index in [-0.39, 0.29) is 30.2 Å². The molecular formula is C31H40BNO2. The highest BCUT2D eigenvalue weighted by molar-refractivity contribution is 6.47. The Balaban J connectivity index is 1.77. The van der Waals surface area contributed by atoms with Crippen molar-refractivity contribution in [3.63, 3.8) is 0 Å². The molecule has 0 unspecified atom stereocenters. The predicted octanol–water partition coefficient (Wildman–Crippen LogP) is 7.69. The molecule has 3 aromatic carbocycles. The van der Waals surface area contributed by atoms with Crippen molar-refractivity contribution in [3.8, 4) is 0 Å². The van der Waals surface area contributed by atoms with Crippen molar-refractivity contribution >= 4 is 7.12 Å². The van der Waals surface area contributed by atoms with Crippen molar-refractivity contribution in [2.45, 2.75) is 83.6 Å². The second-order valence-corrected chi connectivity index (χ2v) is 10.8. The van der Waals surface area contributed by atoms with Gasteiger partial charge >= 0.3 is 7.12 Å². The molecule has 0 aliphatic carbocycles. The molecule has 0 saturated carbocycles. The molecule has 184 valence electrons. The minimum absolute atomic E-state index is 0.145. The summed E-state index contributed by atoms with van der Waals surface area (Å²) in [6.07, 6.45) is 2.10. The summed E-state index contributed by atoms with van der Waals surface area (Å²) in [5, 5.41) is 0. The normalized spacial score (nSPS) is 18.5. The summed E-state index contributed by atoms with van der Waals surface area (Å²) in [4.78, 5) is 2.62. The summed E-state index contributed by atoms with van der Waals surface area (Å²) < 4.78 is 13.4. The zero-order valence-corrected chi connectivity index (χ0v) is 22.0. The minimum atomic E-state index is -0.353. The highest BCUT2D eigenvalue weighted by atomic mass is 16.7. The molecular weight excluding hydrogens is 429 g/mol. The van der Waals surface area contributed by atoms with Crippen LogP contribution < -0.4 is 0 Å². The van der Waals surface area contributed by atoms with E-state index in [0.717, 1.165) is 25.9 Å². The van der Waals surface area contributed by atoms with E-state index in [1.807, 2.05) is 0 Å². The van der Waals surface area contributed by atoms with E-state index < -0.39 is 0 Å². The Hall–Kier alpha value is -2.40. The van der Waals surface area contributed by atoms with Gasteiger partial charge in [-0.2, -0.15) is 0 Å².